The topological polar surface area (TPSA) is 18.5 Å². The molecule has 0 aliphatic heterocycles. The molecular weight excluding hydrogens is 267 g/mol. The van der Waals surface area contributed by atoms with Crippen LogP contribution in [0.1, 0.15) is 12.5 Å². The van der Waals surface area contributed by atoms with E-state index in [1.54, 1.807) is 24.3 Å². The molecular formula is C15H14ClFO2. The van der Waals surface area contributed by atoms with Gasteiger partial charge in [-0.3, -0.25) is 0 Å². The molecule has 2 aromatic rings. The molecule has 2 rings (SSSR count). The highest BCUT2D eigenvalue weighted by molar-refractivity contribution is 6.17. The van der Waals surface area contributed by atoms with Gasteiger partial charge in [0.05, 0.1) is 12.5 Å². The molecule has 0 unspecified atom stereocenters. The van der Waals surface area contributed by atoms with E-state index in [0.717, 1.165) is 0 Å². The molecule has 0 N–H and O–H groups in total. The standard InChI is InChI=1S/C15H14ClFO2/c1-2-18-14-7-3-4-8-15(14)19-13-9-5-6-12(17)11(13)10-16/h3-9H,2,10H2,1H3. The van der Waals surface area contributed by atoms with Crippen molar-refractivity contribution in [3.63, 3.8) is 0 Å². The maximum atomic E-state index is 13.6. The van der Waals surface area contributed by atoms with E-state index in [2.05, 4.69) is 0 Å². The molecule has 0 saturated carbocycles. The number of benzene rings is 2. The Morgan fingerprint density at radius 1 is 1.00 bits per heavy atom. The molecule has 0 bridgehead atoms. The van der Waals surface area contributed by atoms with Gasteiger partial charge in [0.15, 0.2) is 11.5 Å². The third kappa shape index (κ3) is 3.18. The molecule has 0 amide bonds. The van der Waals surface area contributed by atoms with Crippen molar-refractivity contribution in [1.29, 1.82) is 0 Å². The average Bonchev–Trinajstić information content (AvgIpc) is 2.41. The van der Waals surface area contributed by atoms with Crippen molar-refractivity contribution in [3.05, 3.63) is 53.8 Å². The van der Waals surface area contributed by atoms with E-state index in [1.165, 1.54) is 6.07 Å². The van der Waals surface area contributed by atoms with Crippen molar-refractivity contribution in [3.8, 4) is 17.2 Å². The van der Waals surface area contributed by atoms with Gasteiger partial charge in [-0.1, -0.05) is 18.2 Å². The first-order valence-corrected chi connectivity index (χ1v) is 6.52. The molecule has 0 spiro atoms. The fraction of sp³-hybridized carbons (Fsp3) is 0.200. The molecule has 0 atom stereocenters. The predicted molar refractivity (Wildman–Crippen MR) is 73.6 cm³/mol. The van der Waals surface area contributed by atoms with Gasteiger partial charge in [0.2, 0.25) is 0 Å². The zero-order valence-corrected chi connectivity index (χ0v) is 11.3. The lowest BCUT2D eigenvalue weighted by Crippen LogP contribution is -1.97. The van der Waals surface area contributed by atoms with Crippen molar-refractivity contribution < 1.29 is 13.9 Å². The van der Waals surface area contributed by atoms with Gasteiger partial charge >= 0.3 is 0 Å². The van der Waals surface area contributed by atoms with Gasteiger partial charge in [-0.05, 0) is 31.2 Å². The lowest BCUT2D eigenvalue weighted by atomic mass is 10.2. The Kier molecular flexibility index (Phi) is 4.63. The van der Waals surface area contributed by atoms with E-state index < -0.39 is 0 Å². The summed E-state index contributed by atoms with van der Waals surface area (Å²) < 4.78 is 24.8. The van der Waals surface area contributed by atoms with Crippen LogP contribution in [0.2, 0.25) is 0 Å². The van der Waals surface area contributed by atoms with E-state index in [0.29, 0.717) is 29.4 Å². The second-order valence-corrected chi connectivity index (χ2v) is 4.10. The average molecular weight is 281 g/mol. The summed E-state index contributed by atoms with van der Waals surface area (Å²) in [4.78, 5) is 0. The van der Waals surface area contributed by atoms with Crippen molar-refractivity contribution in [1.82, 2.24) is 0 Å². The summed E-state index contributed by atoms with van der Waals surface area (Å²) in [5.41, 5.74) is 0.343. The summed E-state index contributed by atoms with van der Waals surface area (Å²) in [6.07, 6.45) is 0. The molecule has 0 saturated heterocycles. The van der Waals surface area contributed by atoms with E-state index in [4.69, 9.17) is 21.1 Å². The monoisotopic (exact) mass is 280 g/mol. The maximum absolute atomic E-state index is 13.6. The number of hydrogen-bond acceptors (Lipinski definition) is 2. The number of alkyl halides is 1. The Labute approximate surface area is 116 Å². The third-order valence-electron chi connectivity index (χ3n) is 2.58. The Balaban J connectivity index is 2.33. The summed E-state index contributed by atoms with van der Waals surface area (Å²) in [5, 5.41) is 0. The van der Waals surface area contributed by atoms with Crippen molar-refractivity contribution in [2.75, 3.05) is 6.61 Å². The van der Waals surface area contributed by atoms with E-state index in [1.807, 2.05) is 19.1 Å². The summed E-state index contributed by atoms with van der Waals surface area (Å²) in [6, 6.07) is 11.9. The second-order valence-electron chi connectivity index (χ2n) is 3.83. The first-order valence-electron chi connectivity index (χ1n) is 5.99. The van der Waals surface area contributed by atoms with Crippen molar-refractivity contribution >= 4 is 11.6 Å². The minimum atomic E-state index is -0.374. The first-order chi connectivity index (χ1) is 9.26. The molecule has 0 aliphatic carbocycles. The third-order valence-corrected chi connectivity index (χ3v) is 2.85. The van der Waals surface area contributed by atoms with Gasteiger partial charge < -0.3 is 9.47 Å². The van der Waals surface area contributed by atoms with Crippen molar-refractivity contribution in [2.45, 2.75) is 12.8 Å². The molecule has 4 heteroatoms. The van der Waals surface area contributed by atoms with Crippen LogP contribution in [0.25, 0.3) is 0 Å². The molecule has 0 aromatic heterocycles. The number of hydrogen-bond donors (Lipinski definition) is 0. The van der Waals surface area contributed by atoms with Crippen LogP contribution >= 0.6 is 11.6 Å². The predicted octanol–water partition coefficient (Wildman–Crippen LogP) is 4.76. The smallest absolute Gasteiger partial charge is 0.169 e. The van der Waals surface area contributed by atoms with Crippen LogP contribution in [-0.4, -0.2) is 6.61 Å². The zero-order chi connectivity index (χ0) is 13.7. The van der Waals surface area contributed by atoms with Crippen LogP contribution in [0.5, 0.6) is 17.2 Å². The quantitative estimate of drug-likeness (QED) is 0.736. The van der Waals surface area contributed by atoms with Crippen LogP contribution in [0.15, 0.2) is 42.5 Å². The Hall–Kier alpha value is -1.74. The minimum Gasteiger partial charge on any atom is -0.490 e. The number of para-hydroxylation sites is 2. The molecule has 100 valence electrons. The Morgan fingerprint density at radius 3 is 2.37 bits per heavy atom. The second kappa shape index (κ2) is 6.43. The fourth-order valence-corrected chi connectivity index (χ4v) is 1.95. The van der Waals surface area contributed by atoms with Crippen LogP contribution in [-0.2, 0) is 5.88 Å². The largest absolute Gasteiger partial charge is 0.490 e. The van der Waals surface area contributed by atoms with E-state index >= 15 is 0 Å². The highest BCUT2D eigenvalue weighted by Crippen LogP contribution is 2.34. The summed E-state index contributed by atoms with van der Waals surface area (Å²) >= 11 is 5.75. The van der Waals surface area contributed by atoms with Crippen LogP contribution < -0.4 is 9.47 Å². The van der Waals surface area contributed by atoms with Gasteiger partial charge in [0.25, 0.3) is 0 Å². The Bertz CT molecular complexity index is 558. The number of ether oxygens (including phenoxy) is 2. The van der Waals surface area contributed by atoms with Crippen LogP contribution in [0, 0.1) is 5.82 Å². The van der Waals surface area contributed by atoms with Gasteiger partial charge in [-0.25, -0.2) is 4.39 Å². The normalized spacial score (nSPS) is 10.3. The highest BCUT2D eigenvalue weighted by Gasteiger charge is 2.11. The van der Waals surface area contributed by atoms with Gasteiger partial charge in [0.1, 0.15) is 11.6 Å². The van der Waals surface area contributed by atoms with E-state index in [9.17, 15) is 4.39 Å². The van der Waals surface area contributed by atoms with Gasteiger partial charge in [-0.15, -0.1) is 11.6 Å². The molecule has 0 fully saturated rings. The van der Waals surface area contributed by atoms with Crippen LogP contribution in [0.4, 0.5) is 4.39 Å². The Morgan fingerprint density at radius 2 is 1.68 bits per heavy atom. The highest BCUT2D eigenvalue weighted by atomic mass is 35.5. The van der Waals surface area contributed by atoms with Gasteiger partial charge in [0, 0.05) is 5.56 Å². The summed E-state index contributed by atoms with van der Waals surface area (Å²) in [7, 11) is 0. The number of rotatable bonds is 5. The van der Waals surface area contributed by atoms with Crippen LogP contribution in [0.3, 0.4) is 0 Å². The molecule has 0 aliphatic rings. The maximum Gasteiger partial charge on any atom is 0.169 e. The first kappa shape index (κ1) is 13.7. The fourth-order valence-electron chi connectivity index (χ4n) is 1.69. The molecule has 0 radical (unpaired) electrons. The van der Waals surface area contributed by atoms with E-state index in [-0.39, 0.29) is 11.7 Å². The van der Waals surface area contributed by atoms with Gasteiger partial charge in [-0.2, -0.15) is 0 Å². The molecule has 2 nitrogen and oxygen atoms in total. The zero-order valence-electron chi connectivity index (χ0n) is 10.5. The minimum absolute atomic E-state index is 0.0544. The number of halogens is 2. The lowest BCUT2D eigenvalue weighted by Gasteiger charge is -2.13. The van der Waals surface area contributed by atoms with Crippen molar-refractivity contribution in [2.24, 2.45) is 0 Å². The SMILES string of the molecule is CCOc1ccccc1Oc1cccc(F)c1CCl. The molecule has 0 heterocycles. The molecule has 19 heavy (non-hydrogen) atoms. The summed E-state index contributed by atoms with van der Waals surface area (Å²) in [5.74, 6) is 1.25. The molecule has 2 aromatic carbocycles. The lowest BCUT2D eigenvalue weighted by molar-refractivity contribution is 0.320. The summed E-state index contributed by atoms with van der Waals surface area (Å²) in [6.45, 7) is 2.43.